The molecule has 1 atom stereocenters. The standard InChI is InChI=1S/C23H22FN5O2S/c1-14(2)20(26-22(31)17-6-4-5-7-18(17)24)21-27-28-23(29(21)3)32-13-19(30)16-10-8-15(12-25)9-11-16/h4-11,14,20H,13H2,1-3H3,(H,26,31)/t20-/m0/s1. The minimum Gasteiger partial charge on any atom is -0.342 e. The second-order valence-electron chi connectivity index (χ2n) is 7.48. The summed E-state index contributed by atoms with van der Waals surface area (Å²) in [6.45, 7) is 3.84. The summed E-state index contributed by atoms with van der Waals surface area (Å²) in [5.41, 5.74) is 0.961. The molecule has 3 rings (SSSR count). The van der Waals surface area contributed by atoms with Crippen molar-refractivity contribution in [2.24, 2.45) is 13.0 Å². The summed E-state index contributed by atoms with van der Waals surface area (Å²) in [5, 5.41) is 20.6. The van der Waals surface area contributed by atoms with Crippen LogP contribution in [0.3, 0.4) is 0 Å². The van der Waals surface area contributed by atoms with Crippen molar-refractivity contribution in [3.8, 4) is 6.07 Å². The van der Waals surface area contributed by atoms with Gasteiger partial charge in [-0.25, -0.2) is 4.39 Å². The SMILES string of the molecule is CC(C)[C@H](NC(=O)c1ccccc1F)c1nnc(SCC(=O)c2ccc(C#N)cc2)n1C. The Labute approximate surface area is 189 Å². The number of amides is 1. The highest BCUT2D eigenvalue weighted by molar-refractivity contribution is 7.99. The maximum absolute atomic E-state index is 14.0. The quantitative estimate of drug-likeness (QED) is 0.411. The van der Waals surface area contributed by atoms with E-state index in [1.54, 1.807) is 41.9 Å². The van der Waals surface area contributed by atoms with Crippen molar-refractivity contribution in [2.75, 3.05) is 5.75 Å². The first-order chi connectivity index (χ1) is 15.3. The second kappa shape index (κ2) is 10.2. The number of hydrogen-bond donors (Lipinski definition) is 1. The molecule has 7 nitrogen and oxygen atoms in total. The van der Waals surface area contributed by atoms with Gasteiger partial charge in [-0.3, -0.25) is 9.59 Å². The number of carbonyl (C=O) groups is 2. The van der Waals surface area contributed by atoms with Crippen LogP contribution in [0, 0.1) is 23.1 Å². The molecule has 0 unspecified atom stereocenters. The van der Waals surface area contributed by atoms with Crippen molar-refractivity contribution in [1.82, 2.24) is 20.1 Å². The monoisotopic (exact) mass is 451 g/mol. The van der Waals surface area contributed by atoms with E-state index in [0.717, 1.165) is 0 Å². The van der Waals surface area contributed by atoms with Gasteiger partial charge >= 0.3 is 0 Å². The van der Waals surface area contributed by atoms with Crippen LogP contribution in [0.5, 0.6) is 0 Å². The van der Waals surface area contributed by atoms with Crippen LogP contribution in [0.25, 0.3) is 0 Å². The van der Waals surface area contributed by atoms with Gasteiger partial charge in [0.15, 0.2) is 16.8 Å². The van der Waals surface area contributed by atoms with E-state index < -0.39 is 17.8 Å². The highest BCUT2D eigenvalue weighted by Gasteiger charge is 2.26. The highest BCUT2D eigenvalue weighted by atomic mass is 32.2. The lowest BCUT2D eigenvalue weighted by Crippen LogP contribution is -2.34. The van der Waals surface area contributed by atoms with Crippen LogP contribution in [0.15, 0.2) is 53.7 Å². The Bertz CT molecular complexity index is 1170. The number of aromatic nitrogens is 3. The summed E-state index contributed by atoms with van der Waals surface area (Å²) in [7, 11) is 1.76. The second-order valence-corrected chi connectivity index (χ2v) is 8.42. The number of ketones is 1. The third-order valence-electron chi connectivity index (χ3n) is 4.89. The third kappa shape index (κ3) is 5.21. The zero-order valence-electron chi connectivity index (χ0n) is 17.9. The summed E-state index contributed by atoms with van der Waals surface area (Å²) in [4.78, 5) is 25.1. The first-order valence-electron chi connectivity index (χ1n) is 9.92. The molecular weight excluding hydrogens is 429 g/mol. The number of Topliss-reactive ketones (excluding diaryl/α,β-unsaturated/α-hetero) is 1. The van der Waals surface area contributed by atoms with Crippen molar-refractivity contribution in [2.45, 2.75) is 25.0 Å². The molecule has 0 saturated heterocycles. The minimum atomic E-state index is -0.594. The van der Waals surface area contributed by atoms with Crippen molar-refractivity contribution < 1.29 is 14.0 Å². The lowest BCUT2D eigenvalue weighted by Gasteiger charge is -2.21. The third-order valence-corrected chi connectivity index (χ3v) is 5.91. The number of carbonyl (C=O) groups excluding carboxylic acids is 2. The van der Waals surface area contributed by atoms with Gasteiger partial charge in [0.05, 0.1) is 29.0 Å². The van der Waals surface area contributed by atoms with Crippen LogP contribution in [0.1, 0.15) is 52.0 Å². The van der Waals surface area contributed by atoms with Gasteiger partial charge < -0.3 is 9.88 Å². The minimum absolute atomic E-state index is 0.0354. The van der Waals surface area contributed by atoms with Crippen LogP contribution >= 0.6 is 11.8 Å². The maximum atomic E-state index is 14.0. The number of nitrogens with one attached hydrogen (secondary N) is 1. The number of benzene rings is 2. The molecule has 2 aromatic carbocycles. The molecule has 0 radical (unpaired) electrons. The first kappa shape index (κ1) is 23.2. The molecule has 9 heteroatoms. The van der Waals surface area contributed by atoms with Gasteiger partial charge in [-0.05, 0) is 30.2 Å². The fourth-order valence-electron chi connectivity index (χ4n) is 3.06. The van der Waals surface area contributed by atoms with Crippen molar-refractivity contribution >= 4 is 23.5 Å². The molecule has 3 aromatic rings. The van der Waals surface area contributed by atoms with Gasteiger partial charge in [0.1, 0.15) is 5.82 Å². The fraction of sp³-hybridized carbons (Fsp3) is 0.261. The van der Waals surface area contributed by atoms with Crippen LogP contribution in [-0.4, -0.2) is 32.2 Å². The van der Waals surface area contributed by atoms with Gasteiger partial charge in [0.2, 0.25) is 0 Å². The lowest BCUT2D eigenvalue weighted by molar-refractivity contribution is 0.0917. The fourth-order valence-corrected chi connectivity index (χ4v) is 3.87. The smallest absolute Gasteiger partial charge is 0.254 e. The van der Waals surface area contributed by atoms with Gasteiger partial charge in [-0.2, -0.15) is 5.26 Å². The van der Waals surface area contributed by atoms with E-state index in [2.05, 4.69) is 15.5 Å². The summed E-state index contributed by atoms with van der Waals surface area (Å²) in [6.07, 6.45) is 0. The largest absolute Gasteiger partial charge is 0.342 e. The van der Waals surface area contributed by atoms with Gasteiger partial charge in [0, 0.05) is 12.6 Å². The topological polar surface area (TPSA) is 101 Å². The van der Waals surface area contributed by atoms with E-state index in [-0.39, 0.29) is 23.0 Å². The molecule has 1 amide bonds. The normalized spacial score (nSPS) is 11.8. The van der Waals surface area contributed by atoms with E-state index in [9.17, 15) is 14.0 Å². The highest BCUT2D eigenvalue weighted by Crippen LogP contribution is 2.25. The van der Waals surface area contributed by atoms with Crippen molar-refractivity contribution in [3.05, 3.63) is 76.9 Å². The molecule has 0 bridgehead atoms. The Hall–Kier alpha value is -3.51. The van der Waals surface area contributed by atoms with E-state index in [1.165, 1.54) is 30.0 Å². The van der Waals surface area contributed by atoms with Crippen LogP contribution in [0.4, 0.5) is 4.39 Å². The average molecular weight is 452 g/mol. The van der Waals surface area contributed by atoms with Gasteiger partial charge in [0.25, 0.3) is 5.91 Å². The maximum Gasteiger partial charge on any atom is 0.254 e. The predicted molar refractivity (Wildman–Crippen MR) is 119 cm³/mol. The number of nitriles is 1. The van der Waals surface area contributed by atoms with Gasteiger partial charge in [-0.1, -0.05) is 49.9 Å². The molecule has 164 valence electrons. The number of nitrogens with zero attached hydrogens (tertiary/aromatic N) is 4. The molecule has 32 heavy (non-hydrogen) atoms. The molecule has 0 aliphatic heterocycles. The predicted octanol–water partition coefficient (Wildman–Crippen LogP) is 3.93. The van der Waals surface area contributed by atoms with E-state index in [0.29, 0.717) is 22.1 Å². The van der Waals surface area contributed by atoms with Gasteiger partial charge in [-0.15, -0.1) is 10.2 Å². The molecular formula is C23H22FN5O2S. The molecule has 0 fully saturated rings. The van der Waals surface area contributed by atoms with E-state index >= 15 is 0 Å². The van der Waals surface area contributed by atoms with Crippen LogP contribution in [-0.2, 0) is 7.05 Å². The summed E-state index contributed by atoms with van der Waals surface area (Å²) >= 11 is 1.23. The average Bonchev–Trinajstić information content (AvgIpc) is 3.15. The molecule has 1 N–H and O–H groups in total. The van der Waals surface area contributed by atoms with E-state index in [4.69, 9.17) is 5.26 Å². The van der Waals surface area contributed by atoms with Crippen LogP contribution < -0.4 is 5.32 Å². The zero-order chi connectivity index (χ0) is 23.3. The lowest BCUT2D eigenvalue weighted by atomic mass is 10.0. The Morgan fingerprint density at radius 3 is 2.47 bits per heavy atom. The van der Waals surface area contributed by atoms with Crippen LogP contribution in [0.2, 0.25) is 0 Å². The number of hydrogen-bond acceptors (Lipinski definition) is 6. The number of thioether (sulfide) groups is 1. The Morgan fingerprint density at radius 2 is 1.84 bits per heavy atom. The molecule has 0 aliphatic carbocycles. The Balaban J connectivity index is 1.72. The van der Waals surface area contributed by atoms with E-state index in [1.807, 2.05) is 19.9 Å². The molecule has 0 spiro atoms. The van der Waals surface area contributed by atoms with Crippen molar-refractivity contribution in [3.63, 3.8) is 0 Å². The Morgan fingerprint density at radius 1 is 1.16 bits per heavy atom. The zero-order valence-corrected chi connectivity index (χ0v) is 18.7. The molecule has 1 heterocycles. The number of halogens is 1. The summed E-state index contributed by atoms with van der Waals surface area (Å²) < 4.78 is 15.7. The molecule has 1 aromatic heterocycles. The molecule has 0 saturated carbocycles. The Kier molecular flexibility index (Phi) is 7.38. The first-order valence-corrected chi connectivity index (χ1v) is 10.9. The number of rotatable bonds is 8. The summed E-state index contributed by atoms with van der Waals surface area (Å²) in [6, 6.07) is 13.8. The van der Waals surface area contributed by atoms with Crippen molar-refractivity contribution in [1.29, 1.82) is 5.26 Å². The molecule has 0 aliphatic rings. The summed E-state index contributed by atoms with van der Waals surface area (Å²) in [5.74, 6) is -0.605.